The largest absolute Gasteiger partial charge is 0.391 e. The van der Waals surface area contributed by atoms with Crippen molar-refractivity contribution in [1.29, 1.82) is 0 Å². The van der Waals surface area contributed by atoms with Gasteiger partial charge in [0.2, 0.25) is 17.7 Å². The Morgan fingerprint density at radius 2 is 1.61 bits per heavy atom. The number of anilines is 2. The first-order valence-corrected chi connectivity index (χ1v) is 26.3. The van der Waals surface area contributed by atoms with Crippen molar-refractivity contribution in [2.24, 2.45) is 5.41 Å². The highest BCUT2D eigenvalue weighted by atomic mass is 127. The van der Waals surface area contributed by atoms with Crippen LogP contribution >= 0.6 is 33.9 Å². The van der Waals surface area contributed by atoms with E-state index in [0.29, 0.717) is 28.6 Å². The van der Waals surface area contributed by atoms with E-state index in [0.717, 1.165) is 66.9 Å². The fourth-order valence-electron chi connectivity index (χ4n) is 8.37. The SMILES string of the molecule is Cc1ncsc1-c1ccc([C@H](CC(=O)NCCCCCCCNCCCOCC(=O)c2ccc(F)c(F)c2Nc2ccc(I)cc2F)NC(=O)[C@@H]2C[C@@H](O)CN2C(=O)C(NC(=O)C2(F)CC2)C(C)(C)C)cc1. The van der Waals surface area contributed by atoms with E-state index in [1.807, 2.05) is 53.8 Å². The van der Waals surface area contributed by atoms with Crippen LogP contribution in [0.3, 0.4) is 0 Å². The highest BCUT2D eigenvalue weighted by Gasteiger charge is 2.53. The van der Waals surface area contributed by atoms with Crippen molar-refractivity contribution in [2.45, 2.75) is 122 Å². The smallest absolute Gasteiger partial charge is 0.258 e. The number of thiazole rings is 1. The maximum atomic E-state index is 14.7. The predicted molar refractivity (Wildman–Crippen MR) is 276 cm³/mol. The lowest BCUT2D eigenvalue weighted by atomic mass is 9.85. The van der Waals surface area contributed by atoms with Gasteiger partial charge in [-0.1, -0.05) is 64.3 Å². The lowest BCUT2D eigenvalue weighted by Crippen LogP contribution is -2.59. The van der Waals surface area contributed by atoms with Gasteiger partial charge in [-0.2, -0.15) is 0 Å². The van der Waals surface area contributed by atoms with Gasteiger partial charge in [-0.05, 0) is 122 Å². The second-order valence-corrected chi connectivity index (χ2v) is 21.6. The molecular weight excluding hydrogens is 1070 g/mol. The maximum Gasteiger partial charge on any atom is 0.258 e. The van der Waals surface area contributed by atoms with E-state index in [-0.39, 0.29) is 62.6 Å². The summed E-state index contributed by atoms with van der Waals surface area (Å²) < 4.78 is 64.1. The first kappa shape index (κ1) is 56.3. The van der Waals surface area contributed by atoms with Crippen LogP contribution in [0.4, 0.5) is 28.9 Å². The van der Waals surface area contributed by atoms with Crippen molar-refractivity contribution in [3.63, 3.8) is 0 Å². The molecule has 20 heteroatoms. The first-order valence-electron chi connectivity index (χ1n) is 24.3. The van der Waals surface area contributed by atoms with Gasteiger partial charge in [-0.3, -0.25) is 24.0 Å². The number of β-amino-alcohol motifs (C(OH)–C–C–N with tert-alkyl or cyclic N) is 1. The normalized spacial score (nSPS) is 17.0. The van der Waals surface area contributed by atoms with Gasteiger partial charge in [0.25, 0.3) is 5.91 Å². The van der Waals surface area contributed by atoms with Crippen LogP contribution in [0.25, 0.3) is 10.4 Å². The summed E-state index contributed by atoms with van der Waals surface area (Å²) in [5.74, 6) is -6.05. The minimum absolute atomic E-state index is 0.0562. The average Bonchev–Trinajstić information content (AvgIpc) is 3.74. The second kappa shape index (κ2) is 25.8. The predicted octanol–water partition coefficient (Wildman–Crippen LogP) is 8.37. The van der Waals surface area contributed by atoms with Gasteiger partial charge >= 0.3 is 0 Å². The molecule has 1 saturated carbocycles. The fraction of sp³-hybridized carbons (Fsp3) is 0.500. The third kappa shape index (κ3) is 15.5. The van der Waals surface area contributed by atoms with Crippen LogP contribution < -0.4 is 26.6 Å². The summed E-state index contributed by atoms with van der Waals surface area (Å²) in [6, 6.07) is 10.6. The van der Waals surface area contributed by atoms with Crippen LogP contribution in [0.15, 0.2) is 60.1 Å². The van der Waals surface area contributed by atoms with Gasteiger partial charge in [0.15, 0.2) is 23.1 Å². The number of nitrogens with one attached hydrogen (secondary N) is 5. The minimum atomic E-state index is -2.01. The number of aliphatic hydroxyl groups is 1. The van der Waals surface area contributed by atoms with Crippen LogP contribution in [0, 0.1) is 33.4 Å². The molecule has 1 aromatic heterocycles. The summed E-state index contributed by atoms with van der Waals surface area (Å²) in [4.78, 5) is 73.8. The number of nitrogens with zero attached hydrogens (tertiary/aromatic N) is 2. The van der Waals surface area contributed by atoms with E-state index in [2.05, 4.69) is 31.6 Å². The summed E-state index contributed by atoms with van der Waals surface area (Å²) in [6.07, 6.45) is 4.04. The molecule has 0 bridgehead atoms. The van der Waals surface area contributed by atoms with Crippen molar-refractivity contribution >= 4 is 74.7 Å². The third-order valence-electron chi connectivity index (χ3n) is 12.7. The number of amides is 4. The van der Waals surface area contributed by atoms with Crippen LogP contribution in [0.5, 0.6) is 0 Å². The summed E-state index contributed by atoms with van der Waals surface area (Å²) in [7, 11) is 0. The average molecular weight is 1130 g/mol. The molecule has 1 unspecified atom stereocenters. The topological polar surface area (TPSA) is 191 Å². The number of likely N-dealkylation sites (tertiary alicyclic amines) is 1. The number of benzene rings is 3. The number of ether oxygens (including phenoxy) is 1. The molecule has 2 fully saturated rings. The Bertz CT molecular complexity index is 2540. The molecule has 3 aromatic carbocycles. The Morgan fingerprint density at radius 1 is 0.917 bits per heavy atom. The van der Waals surface area contributed by atoms with Gasteiger partial charge in [-0.15, -0.1) is 11.3 Å². The zero-order chi connectivity index (χ0) is 52.2. The number of unbranched alkanes of at least 4 members (excludes halogenated alkanes) is 4. The number of hydrogen-bond acceptors (Lipinski definition) is 11. The molecule has 1 saturated heterocycles. The zero-order valence-electron chi connectivity index (χ0n) is 41.0. The molecule has 4 aromatic rings. The molecule has 6 N–H and O–H groups in total. The number of carbonyl (C=O) groups is 5. The number of hydrogen-bond donors (Lipinski definition) is 6. The van der Waals surface area contributed by atoms with E-state index >= 15 is 0 Å². The van der Waals surface area contributed by atoms with Gasteiger partial charge in [0.05, 0.1) is 46.0 Å². The van der Waals surface area contributed by atoms with Gasteiger partial charge in [-0.25, -0.2) is 22.5 Å². The fourth-order valence-corrected chi connectivity index (χ4v) is 9.64. The van der Waals surface area contributed by atoms with Gasteiger partial charge < -0.3 is 41.3 Å². The number of aryl methyl sites for hydroxylation is 1. The molecule has 390 valence electrons. The molecule has 4 atom stereocenters. The summed E-state index contributed by atoms with van der Waals surface area (Å²) in [6.45, 7) is 8.69. The van der Waals surface area contributed by atoms with Crippen LogP contribution in [0.1, 0.15) is 113 Å². The zero-order valence-corrected chi connectivity index (χ0v) is 44.0. The molecule has 0 radical (unpaired) electrons. The highest BCUT2D eigenvalue weighted by Crippen LogP contribution is 2.41. The van der Waals surface area contributed by atoms with Crippen LogP contribution in [-0.4, -0.2) is 108 Å². The van der Waals surface area contributed by atoms with E-state index in [9.17, 15) is 46.6 Å². The molecule has 6 rings (SSSR count). The van der Waals surface area contributed by atoms with E-state index < -0.39 is 82.0 Å². The number of ketones is 1. The molecule has 1 aliphatic carbocycles. The van der Waals surface area contributed by atoms with E-state index in [4.69, 9.17) is 4.74 Å². The van der Waals surface area contributed by atoms with Crippen molar-refractivity contribution in [1.82, 2.24) is 31.2 Å². The Hall–Kier alpha value is -5.03. The number of rotatable bonds is 26. The van der Waals surface area contributed by atoms with Crippen molar-refractivity contribution < 1.29 is 51.4 Å². The Labute approximate surface area is 435 Å². The number of carbonyl (C=O) groups excluding carboxylic acids is 5. The summed E-state index contributed by atoms with van der Waals surface area (Å²) >= 11 is 3.42. The number of aliphatic hydroxyl groups excluding tert-OH is 1. The molecule has 2 aliphatic rings. The monoisotopic (exact) mass is 1130 g/mol. The van der Waals surface area contributed by atoms with Crippen LogP contribution in [-0.2, 0) is 23.9 Å². The third-order valence-corrected chi connectivity index (χ3v) is 14.3. The molecular formula is C52H64F4IN7O7S. The molecule has 2 heterocycles. The first-order chi connectivity index (χ1) is 34.2. The molecule has 1 aliphatic heterocycles. The highest BCUT2D eigenvalue weighted by molar-refractivity contribution is 14.1. The molecule has 4 amide bonds. The lowest BCUT2D eigenvalue weighted by Gasteiger charge is -2.36. The Balaban J connectivity index is 0.911. The lowest BCUT2D eigenvalue weighted by molar-refractivity contribution is -0.145. The summed E-state index contributed by atoms with van der Waals surface area (Å²) in [5, 5.41) is 25.1. The Morgan fingerprint density at radius 3 is 2.28 bits per heavy atom. The molecule has 0 spiro atoms. The number of halogens is 5. The quantitative estimate of drug-likeness (QED) is 0.0154. The molecule has 14 nitrogen and oxygen atoms in total. The minimum Gasteiger partial charge on any atom is -0.391 e. The number of aromatic nitrogens is 1. The standard InChI is InChI=1S/C52H64F4IN7O7S/c1-31-46(72-30-60-31)33-13-11-32(12-14-33)40(62-48(68)41-26-35(65)28-64(41)49(69)47(51(2,3)4)63-50(70)52(56)19-20-52)27-43(67)59-23-9-7-5-6-8-21-58-22-10-24-71-29-42(66)36-16-17-37(53)44(55)45(36)61-39-18-15-34(57)25-38(39)54/h11-18,25,30,35,40-41,47,58,61,65H,5-10,19-24,26-29H2,1-4H3,(H,59,67)(H,62,68)(H,63,70)/t35-,40+,41+,47?/m1/s1. The van der Waals surface area contributed by atoms with E-state index in [1.54, 1.807) is 32.3 Å². The maximum absolute atomic E-state index is 14.7. The van der Waals surface area contributed by atoms with Crippen molar-refractivity contribution in [2.75, 3.05) is 44.7 Å². The number of Topliss-reactive ketones (excluding diaryl/α,β-unsaturated/α-hetero) is 1. The Kier molecular flexibility index (Phi) is 20.1. The summed E-state index contributed by atoms with van der Waals surface area (Å²) in [5.41, 5.74) is 0.665. The number of alkyl halides is 1. The van der Waals surface area contributed by atoms with Crippen molar-refractivity contribution in [3.05, 3.63) is 98.0 Å². The van der Waals surface area contributed by atoms with E-state index in [1.165, 1.54) is 28.4 Å². The van der Waals surface area contributed by atoms with Crippen molar-refractivity contribution in [3.8, 4) is 10.4 Å². The van der Waals surface area contributed by atoms with Gasteiger partial charge in [0.1, 0.15) is 24.5 Å². The van der Waals surface area contributed by atoms with Crippen LogP contribution in [0.2, 0.25) is 0 Å². The second-order valence-electron chi connectivity index (χ2n) is 19.5. The van der Waals surface area contributed by atoms with Gasteiger partial charge in [0, 0.05) is 35.3 Å². The molecule has 72 heavy (non-hydrogen) atoms.